The first-order valence-corrected chi connectivity index (χ1v) is 3.43. The minimum absolute atomic E-state index is 0.180. The molecule has 0 radical (unpaired) electrons. The summed E-state index contributed by atoms with van der Waals surface area (Å²) in [6, 6.07) is 8.72. The van der Waals surface area contributed by atoms with E-state index >= 15 is 0 Å². The minimum atomic E-state index is -0.183. The fraction of sp³-hybridized carbons (Fsp3) is 0.111. The van der Waals surface area contributed by atoms with Gasteiger partial charge in [-0.25, -0.2) is 0 Å². The summed E-state index contributed by atoms with van der Waals surface area (Å²) in [6.45, 7) is -0.180. The Balaban J connectivity index is 2.61. The fourth-order valence-electron chi connectivity index (χ4n) is 0.805. The van der Waals surface area contributed by atoms with Crippen molar-refractivity contribution in [3.05, 3.63) is 35.9 Å². The van der Waals surface area contributed by atoms with Crippen molar-refractivity contribution in [2.75, 3.05) is 6.61 Å². The minimum Gasteiger partial charge on any atom is -0.419 e. The highest BCUT2D eigenvalue weighted by atomic mass is 16.5. The molecule has 1 aromatic carbocycles. The van der Waals surface area contributed by atoms with Gasteiger partial charge < -0.3 is 4.74 Å². The van der Waals surface area contributed by atoms with Gasteiger partial charge in [0.2, 0.25) is 5.78 Å². The van der Waals surface area contributed by atoms with E-state index < -0.39 is 0 Å². The molecular weight excluding hydrogens is 154 g/mol. The normalized spacial score (nSPS) is 8.58. The molecule has 0 N–H and O–H groups in total. The van der Waals surface area contributed by atoms with Gasteiger partial charge in [0.05, 0.1) is 0 Å². The SMILES string of the molecule is N#COCC(=O)c1ccccc1. The van der Waals surface area contributed by atoms with Gasteiger partial charge in [-0.05, 0) is 0 Å². The molecule has 0 fully saturated rings. The maximum Gasteiger partial charge on any atom is 0.286 e. The first kappa shape index (κ1) is 8.28. The van der Waals surface area contributed by atoms with Crippen LogP contribution in [0.5, 0.6) is 0 Å². The van der Waals surface area contributed by atoms with Crippen LogP contribution in [0.3, 0.4) is 0 Å². The molecule has 0 aliphatic heterocycles. The molecule has 60 valence electrons. The monoisotopic (exact) mass is 161 g/mol. The highest BCUT2D eigenvalue weighted by Gasteiger charge is 2.03. The van der Waals surface area contributed by atoms with Crippen LogP contribution < -0.4 is 0 Å². The molecule has 1 rings (SSSR count). The quantitative estimate of drug-likeness (QED) is 0.497. The molecule has 0 aliphatic rings. The van der Waals surface area contributed by atoms with Crippen molar-refractivity contribution in [2.24, 2.45) is 0 Å². The predicted octanol–water partition coefficient (Wildman–Crippen LogP) is 1.37. The third-order valence-corrected chi connectivity index (χ3v) is 1.36. The number of hydrogen-bond acceptors (Lipinski definition) is 3. The van der Waals surface area contributed by atoms with Gasteiger partial charge in [0, 0.05) is 5.56 Å². The van der Waals surface area contributed by atoms with Gasteiger partial charge in [-0.1, -0.05) is 30.3 Å². The molecule has 0 unspecified atom stereocenters. The van der Waals surface area contributed by atoms with Crippen LogP contribution in [0.2, 0.25) is 0 Å². The maximum absolute atomic E-state index is 11.1. The van der Waals surface area contributed by atoms with E-state index in [4.69, 9.17) is 5.26 Å². The summed E-state index contributed by atoms with van der Waals surface area (Å²) in [5.41, 5.74) is 0.563. The maximum atomic E-state index is 11.1. The van der Waals surface area contributed by atoms with Gasteiger partial charge in [-0.15, -0.1) is 0 Å². The standard InChI is InChI=1S/C9H7NO2/c10-7-12-6-9(11)8-4-2-1-3-5-8/h1-5H,6H2. The summed E-state index contributed by atoms with van der Waals surface area (Å²) in [5, 5.41) is 8.04. The van der Waals surface area contributed by atoms with E-state index in [1.807, 2.05) is 6.07 Å². The van der Waals surface area contributed by atoms with Crippen molar-refractivity contribution in [3.63, 3.8) is 0 Å². The Morgan fingerprint density at radius 2 is 2.08 bits per heavy atom. The fourth-order valence-corrected chi connectivity index (χ4v) is 0.805. The van der Waals surface area contributed by atoms with Crippen molar-refractivity contribution in [2.45, 2.75) is 0 Å². The Morgan fingerprint density at radius 3 is 2.67 bits per heavy atom. The zero-order valence-corrected chi connectivity index (χ0v) is 6.36. The summed E-state index contributed by atoms with van der Waals surface area (Å²) in [6.07, 6.45) is 1.45. The molecule has 0 saturated heterocycles. The summed E-state index contributed by atoms with van der Waals surface area (Å²) >= 11 is 0. The number of Topliss-reactive ketones (excluding diaryl/α,β-unsaturated/α-hetero) is 1. The number of ketones is 1. The van der Waals surface area contributed by atoms with Crippen LogP contribution in [0.25, 0.3) is 0 Å². The molecule has 0 aromatic heterocycles. The number of nitriles is 1. The first-order valence-electron chi connectivity index (χ1n) is 3.43. The molecule has 0 amide bonds. The lowest BCUT2D eigenvalue weighted by molar-refractivity contribution is 0.0898. The molecule has 0 saturated carbocycles. The molecular formula is C9H7NO2. The third kappa shape index (κ3) is 2.10. The molecule has 0 aliphatic carbocycles. The van der Waals surface area contributed by atoms with Crippen molar-refractivity contribution in [1.82, 2.24) is 0 Å². The highest BCUT2D eigenvalue weighted by molar-refractivity contribution is 5.97. The van der Waals surface area contributed by atoms with Crippen LogP contribution in [0.4, 0.5) is 0 Å². The van der Waals surface area contributed by atoms with Gasteiger partial charge in [0.1, 0.15) is 0 Å². The second kappa shape index (κ2) is 4.14. The van der Waals surface area contributed by atoms with E-state index in [0.29, 0.717) is 5.56 Å². The summed E-state index contributed by atoms with van der Waals surface area (Å²) in [7, 11) is 0. The molecule has 0 spiro atoms. The van der Waals surface area contributed by atoms with E-state index in [2.05, 4.69) is 4.74 Å². The Bertz CT molecular complexity index is 300. The first-order chi connectivity index (χ1) is 5.84. The molecule has 3 heteroatoms. The Morgan fingerprint density at radius 1 is 1.42 bits per heavy atom. The summed E-state index contributed by atoms with van der Waals surface area (Å²) in [5.74, 6) is -0.183. The van der Waals surface area contributed by atoms with Gasteiger partial charge >= 0.3 is 0 Å². The topological polar surface area (TPSA) is 50.1 Å². The Labute approximate surface area is 70.2 Å². The van der Waals surface area contributed by atoms with Crippen LogP contribution in [-0.2, 0) is 4.74 Å². The van der Waals surface area contributed by atoms with Crippen molar-refractivity contribution in [1.29, 1.82) is 5.26 Å². The molecule has 0 heterocycles. The van der Waals surface area contributed by atoms with Crippen LogP contribution in [0.15, 0.2) is 30.3 Å². The highest BCUT2D eigenvalue weighted by Crippen LogP contribution is 1.99. The lowest BCUT2D eigenvalue weighted by Crippen LogP contribution is -2.05. The molecule has 0 atom stereocenters. The lowest BCUT2D eigenvalue weighted by atomic mass is 10.1. The van der Waals surface area contributed by atoms with Gasteiger partial charge in [0.25, 0.3) is 6.26 Å². The smallest absolute Gasteiger partial charge is 0.286 e. The van der Waals surface area contributed by atoms with Crippen LogP contribution in [0, 0.1) is 11.5 Å². The number of nitrogens with zero attached hydrogens (tertiary/aromatic N) is 1. The van der Waals surface area contributed by atoms with Crippen molar-refractivity contribution >= 4 is 5.78 Å². The van der Waals surface area contributed by atoms with Crippen LogP contribution >= 0.6 is 0 Å². The largest absolute Gasteiger partial charge is 0.419 e. The second-order valence-electron chi connectivity index (χ2n) is 2.17. The number of hydrogen-bond donors (Lipinski definition) is 0. The number of carbonyl (C=O) groups excluding carboxylic acids is 1. The molecule has 12 heavy (non-hydrogen) atoms. The number of benzene rings is 1. The van der Waals surface area contributed by atoms with Crippen LogP contribution in [-0.4, -0.2) is 12.4 Å². The summed E-state index contributed by atoms with van der Waals surface area (Å²) < 4.78 is 4.31. The van der Waals surface area contributed by atoms with Crippen LogP contribution in [0.1, 0.15) is 10.4 Å². The zero-order valence-electron chi connectivity index (χ0n) is 6.36. The average Bonchev–Trinajstić information content (AvgIpc) is 2.15. The number of rotatable bonds is 3. The third-order valence-electron chi connectivity index (χ3n) is 1.36. The second-order valence-corrected chi connectivity index (χ2v) is 2.17. The van der Waals surface area contributed by atoms with Gasteiger partial charge in [0.15, 0.2) is 6.61 Å². The van der Waals surface area contributed by atoms with E-state index in [1.165, 1.54) is 6.26 Å². The Hall–Kier alpha value is -1.82. The predicted molar refractivity (Wildman–Crippen MR) is 42.3 cm³/mol. The molecule has 0 bridgehead atoms. The Kier molecular flexibility index (Phi) is 2.86. The number of carbonyl (C=O) groups is 1. The molecule has 3 nitrogen and oxygen atoms in total. The van der Waals surface area contributed by atoms with Gasteiger partial charge in [-0.3, -0.25) is 4.79 Å². The van der Waals surface area contributed by atoms with E-state index in [9.17, 15) is 4.79 Å². The molecule has 1 aromatic rings. The summed E-state index contributed by atoms with van der Waals surface area (Å²) in [4.78, 5) is 11.1. The zero-order chi connectivity index (χ0) is 8.81. The van der Waals surface area contributed by atoms with Gasteiger partial charge in [-0.2, -0.15) is 5.26 Å². The number of ether oxygens (including phenoxy) is 1. The van der Waals surface area contributed by atoms with E-state index in [0.717, 1.165) is 0 Å². The van der Waals surface area contributed by atoms with Crippen molar-refractivity contribution in [3.8, 4) is 6.26 Å². The van der Waals surface area contributed by atoms with Crippen molar-refractivity contribution < 1.29 is 9.53 Å². The average molecular weight is 161 g/mol. The van der Waals surface area contributed by atoms with E-state index in [1.54, 1.807) is 24.3 Å². The lowest BCUT2D eigenvalue weighted by Gasteiger charge is -1.96. The van der Waals surface area contributed by atoms with E-state index in [-0.39, 0.29) is 12.4 Å².